The van der Waals surface area contributed by atoms with Crippen LogP contribution in [0.15, 0.2) is 72.8 Å². The lowest BCUT2D eigenvalue weighted by molar-refractivity contribution is -0.137. The van der Waals surface area contributed by atoms with Gasteiger partial charge in [0, 0.05) is 24.3 Å². The number of nitrogens with zero attached hydrogens (tertiary/aromatic N) is 1. The van der Waals surface area contributed by atoms with Crippen molar-refractivity contribution in [2.45, 2.75) is 32.0 Å². The van der Waals surface area contributed by atoms with Gasteiger partial charge in [-0.05, 0) is 72.8 Å². The molecule has 6 heteroatoms. The van der Waals surface area contributed by atoms with E-state index in [1.54, 1.807) is 6.07 Å². The lowest BCUT2D eigenvalue weighted by Gasteiger charge is -2.18. The zero-order valence-corrected chi connectivity index (χ0v) is 17.8. The van der Waals surface area contributed by atoms with Crippen molar-refractivity contribution in [3.63, 3.8) is 0 Å². The first-order valence-electron chi connectivity index (χ1n) is 10.6. The number of carbonyl (C=O) groups excluding carboxylic acids is 1. The second-order valence-electron chi connectivity index (χ2n) is 8.31. The lowest BCUT2D eigenvalue weighted by Crippen LogP contribution is -2.20. The van der Waals surface area contributed by atoms with Crippen molar-refractivity contribution in [3.05, 3.63) is 101 Å². The number of halogens is 3. The molecular weight excluding hydrogens is 413 g/mol. The van der Waals surface area contributed by atoms with Crippen LogP contribution in [0.3, 0.4) is 0 Å². The summed E-state index contributed by atoms with van der Waals surface area (Å²) in [5.74, 6) is -0.0928. The minimum atomic E-state index is -4.45. The first kappa shape index (κ1) is 22.1. The molecular formula is C26H25F3N2O. The lowest BCUT2D eigenvalue weighted by atomic mass is 9.92. The molecule has 0 radical (unpaired) electrons. The van der Waals surface area contributed by atoms with Gasteiger partial charge >= 0.3 is 6.18 Å². The molecule has 1 aliphatic heterocycles. The van der Waals surface area contributed by atoms with E-state index in [0.29, 0.717) is 11.5 Å². The zero-order chi connectivity index (χ0) is 22.7. The molecule has 1 amide bonds. The number of anilines is 1. The van der Waals surface area contributed by atoms with Crippen LogP contribution in [0, 0.1) is 6.92 Å². The molecule has 32 heavy (non-hydrogen) atoms. The van der Waals surface area contributed by atoms with Gasteiger partial charge < -0.3 is 5.32 Å². The van der Waals surface area contributed by atoms with Gasteiger partial charge in [0.05, 0.1) is 5.56 Å². The third kappa shape index (κ3) is 5.19. The molecule has 1 fully saturated rings. The summed E-state index contributed by atoms with van der Waals surface area (Å²) in [6.07, 6.45) is -3.45. The molecule has 0 aliphatic carbocycles. The Morgan fingerprint density at radius 2 is 1.81 bits per heavy atom. The number of alkyl halides is 3. The van der Waals surface area contributed by atoms with Gasteiger partial charge in [0.1, 0.15) is 0 Å². The molecule has 0 aromatic heterocycles. The summed E-state index contributed by atoms with van der Waals surface area (Å²) < 4.78 is 38.9. The number of hydrogen-bond donors (Lipinski definition) is 1. The fourth-order valence-electron chi connectivity index (χ4n) is 4.27. The van der Waals surface area contributed by atoms with Crippen LogP contribution in [0.5, 0.6) is 0 Å². The van der Waals surface area contributed by atoms with Crippen LogP contribution in [0.4, 0.5) is 18.9 Å². The molecule has 0 bridgehead atoms. The van der Waals surface area contributed by atoms with Crippen molar-refractivity contribution in [1.82, 2.24) is 4.90 Å². The Balaban J connectivity index is 1.46. The minimum Gasteiger partial charge on any atom is -0.322 e. The molecule has 1 aliphatic rings. The van der Waals surface area contributed by atoms with E-state index < -0.39 is 17.6 Å². The van der Waals surface area contributed by atoms with E-state index in [-0.39, 0.29) is 5.69 Å². The van der Waals surface area contributed by atoms with E-state index in [4.69, 9.17) is 0 Å². The molecule has 1 N–H and O–H groups in total. The summed E-state index contributed by atoms with van der Waals surface area (Å²) in [6.45, 7) is 4.82. The van der Waals surface area contributed by atoms with Crippen molar-refractivity contribution in [1.29, 1.82) is 0 Å². The Morgan fingerprint density at radius 1 is 1.03 bits per heavy atom. The van der Waals surface area contributed by atoms with Crippen LogP contribution in [0.2, 0.25) is 0 Å². The largest absolute Gasteiger partial charge is 0.416 e. The van der Waals surface area contributed by atoms with E-state index in [1.165, 1.54) is 17.7 Å². The molecule has 1 saturated heterocycles. The van der Waals surface area contributed by atoms with Gasteiger partial charge in [0.15, 0.2) is 0 Å². The van der Waals surface area contributed by atoms with Crippen molar-refractivity contribution in [2.75, 3.05) is 18.4 Å². The third-order valence-corrected chi connectivity index (χ3v) is 5.95. The Kier molecular flexibility index (Phi) is 6.33. The van der Waals surface area contributed by atoms with Gasteiger partial charge in [0.2, 0.25) is 0 Å². The van der Waals surface area contributed by atoms with Crippen molar-refractivity contribution in [3.8, 4) is 0 Å². The standard InChI is InChI=1S/C26H25F3N2O/c1-18-10-11-20(25(32)30-23-9-5-8-22(15-23)26(27,28)29)14-24(18)21-12-13-31(17-21)16-19-6-3-2-4-7-19/h2-11,14-15,21H,12-13,16-17H2,1H3,(H,30,32). The number of nitrogens with one attached hydrogen (secondary N) is 1. The summed E-state index contributed by atoms with van der Waals surface area (Å²) in [4.78, 5) is 15.2. The second-order valence-corrected chi connectivity index (χ2v) is 8.31. The second kappa shape index (κ2) is 9.17. The van der Waals surface area contributed by atoms with Crippen LogP contribution in [-0.4, -0.2) is 23.9 Å². The van der Waals surface area contributed by atoms with Gasteiger partial charge in [-0.25, -0.2) is 0 Å². The fourth-order valence-corrected chi connectivity index (χ4v) is 4.27. The van der Waals surface area contributed by atoms with Crippen LogP contribution >= 0.6 is 0 Å². The van der Waals surface area contributed by atoms with E-state index >= 15 is 0 Å². The SMILES string of the molecule is Cc1ccc(C(=O)Nc2cccc(C(F)(F)F)c2)cc1C1CCN(Cc2ccccc2)C1. The quantitative estimate of drug-likeness (QED) is 0.510. The van der Waals surface area contributed by atoms with Crippen LogP contribution in [-0.2, 0) is 12.7 Å². The molecule has 1 heterocycles. The van der Waals surface area contributed by atoms with Crippen LogP contribution < -0.4 is 5.32 Å². The first-order valence-corrected chi connectivity index (χ1v) is 10.6. The Hall–Kier alpha value is -3.12. The van der Waals surface area contributed by atoms with Gasteiger partial charge in [-0.15, -0.1) is 0 Å². The average Bonchev–Trinajstić information content (AvgIpc) is 3.22. The molecule has 166 valence electrons. The number of benzene rings is 3. The number of carbonyl (C=O) groups is 1. The number of hydrogen-bond acceptors (Lipinski definition) is 2. The predicted molar refractivity (Wildman–Crippen MR) is 120 cm³/mol. The molecule has 1 atom stereocenters. The number of amides is 1. The highest BCUT2D eigenvalue weighted by Crippen LogP contribution is 2.32. The maximum absolute atomic E-state index is 13.0. The Bertz CT molecular complexity index is 1100. The predicted octanol–water partition coefficient (Wildman–Crippen LogP) is 6.26. The van der Waals surface area contributed by atoms with E-state index in [0.717, 1.165) is 49.3 Å². The maximum Gasteiger partial charge on any atom is 0.416 e. The van der Waals surface area contributed by atoms with Crippen molar-refractivity contribution < 1.29 is 18.0 Å². The van der Waals surface area contributed by atoms with Crippen molar-refractivity contribution >= 4 is 11.6 Å². The maximum atomic E-state index is 13.0. The number of likely N-dealkylation sites (tertiary alicyclic amines) is 1. The summed E-state index contributed by atoms with van der Waals surface area (Å²) in [7, 11) is 0. The summed E-state index contributed by atoms with van der Waals surface area (Å²) in [5, 5.41) is 2.60. The highest BCUT2D eigenvalue weighted by Gasteiger charge is 2.30. The molecule has 0 spiro atoms. The number of rotatable bonds is 5. The smallest absolute Gasteiger partial charge is 0.322 e. The minimum absolute atomic E-state index is 0.127. The molecule has 0 saturated carbocycles. The molecule has 3 aromatic rings. The fraction of sp³-hybridized carbons (Fsp3) is 0.269. The first-order chi connectivity index (χ1) is 15.3. The highest BCUT2D eigenvalue weighted by atomic mass is 19.4. The van der Waals surface area contributed by atoms with Gasteiger partial charge in [-0.1, -0.05) is 42.5 Å². The molecule has 1 unspecified atom stereocenters. The monoisotopic (exact) mass is 438 g/mol. The molecule has 3 nitrogen and oxygen atoms in total. The summed E-state index contributed by atoms with van der Waals surface area (Å²) >= 11 is 0. The third-order valence-electron chi connectivity index (χ3n) is 5.95. The van der Waals surface area contributed by atoms with Crippen LogP contribution in [0.1, 0.15) is 45.0 Å². The Morgan fingerprint density at radius 3 is 2.56 bits per heavy atom. The van der Waals surface area contributed by atoms with Crippen molar-refractivity contribution in [2.24, 2.45) is 0 Å². The van der Waals surface area contributed by atoms with Gasteiger partial charge in [0.25, 0.3) is 5.91 Å². The van der Waals surface area contributed by atoms with Gasteiger partial charge in [-0.3, -0.25) is 9.69 Å². The highest BCUT2D eigenvalue weighted by molar-refractivity contribution is 6.04. The van der Waals surface area contributed by atoms with Gasteiger partial charge in [-0.2, -0.15) is 13.2 Å². The van der Waals surface area contributed by atoms with Crippen LogP contribution in [0.25, 0.3) is 0 Å². The topological polar surface area (TPSA) is 32.3 Å². The molecule has 4 rings (SSSR count). The van der Waals surface area contributed by atoms with E-state index in [9.17, 15) is 18.0 Å². The summed E-state index contributed by atoms with van der Waals surface area (Å²) in [6, 6.07) is 20.5. The normalized spacial score (nSPS) is 16.8. The van der Waals surface area contributed by atoms with E-state index in [2.05, 4.69) is 22.3 Å². The number of aryl methyl sites for hydroxylation is 1. The average molecular weight is 438 g/mol. The zero-order valence-electron chi connectivity index (χ0n) is 17.8. The summed E-state index contributed by atoms with van der Waals surface area (Å²) in [5.41, 5.74) is 3.30. The Labute approximate surface area is 185 Å². The molecule has 3 aromatic carbocycles. The van der Waals surface area contributed by atoms with E-state index in [1.807, 2.05) is 37.3 Å².